The van der Waals surface area contributed by atoms with Gasteiger partial charge in [-0.15, -0.1) is 0 Å². The number of nitrogens with one attached hydrogen (secondary N) is 2. The summed E-state index contributed by atoms with van der Waals surface area (Å²) in [6, 6.07) is 3.66. The normalized spacial score (nSPS) is 9.50. The molecule has 0 amide bonds. The lowest BCUT2D eigenvalue weighted by Crippen LogP contribution is -2.39. The van der Waals surface area contributed by atoms with E-state index in [1.54, 1.807) is 0 Å². The van der Waals surface area contributed by atoms with Crippen molar-refractivity contribution >= 4 is 33.3 Å². The highest BCUT2D eigenvalue weighted by atomic mass is 79.9. The van der Waals surface area contributed by atoms with Crippen LogP contribution in [-0.2, 0) is 6.54 Å². The van der Waals surface area contributed by atoms with E-state index in [1.807, 2.05) is 12.1 Å². The Morgan fingerprint density at radius 1 is 1.67 bits per heavy atom. The fraction of sp³-hybridized carbons (Fsp3) is 0.167. The summed E-state index contributed by atoms with van der Waals surface area (Å²) in [7, 11) is 0. The summed E-state index contributed by atoms with van der Waals surface area (Å²) in [6.07, 6.45) is 0. The van der Waals surface area contributed by atoms with Gasteiger partial charge in [-0.25, -0.2) is 5.84 Å². The van der Waals surface area contributed by atoms with Crippen molar-refractivity contribution in [3.8, 4) is 0 Å². The van der Waals surface area contributed by atoms with Crippen LogP contribution in [0.3, 0.4) is 0 Å². The quantitative estimate of drug-likeness (QED) is 0.413. The van der Waals surface area contributed by atoms with Gasteiger partial charge in [0.2, 0.25) is 0 Å². The largest absolute Gasteiger partial charge is 0.452 e. The Balaban J connectivity index is 2.38. The molecule has 1 aromatic rings. The molecule has 0 aliphatic rings. The van der Waals surface area contributed by atoms with Crippen molar-refractivity contribution in [2.75, 3.05) is 0 Å². The van der Waals surface area contributed by atoms with Gasteiger partial charge in [-0.2, -0.15) is 0 Å². The Bertz CT molecular complexity index is 276. The third-order valence-corrected chi connectivity index (χ3v) is 1.87. The van der Waals surface area contributed by atoms with E-state index in [0.29, 0.717) is 16.3 Å². The Hall–Kier alpha value is -0.590. The van der Waals surface area contributed by atoms with Crippen LogP contribution in [-0.4, -0.2) is 5.11 Å². The first-order valence-electron chi connectivity index (χ1n) is 3.21. The minimum Gasteiger partial charge on any atom is -0.452 e. The standard InChI is InChI=1S/C6H8BrN3OS/c7-5-2-1-4(11-5)3-9-6(12)10-8/h1-2H,3,8H2,(H2,9,10,12). The number of hydrazine groups is 1. The molecule has 0 fully saturated rings. The number of rotatable bonds is 2. The summed E-state index contributed by atoms with van der Waals surface area (Å²) in [5.74, 6) is 5.84. The molecule has 0 spiro atoms. The van der Waals surface area contributed by atoms with E-state index in [0.717, 1.165) is 5.76 Å². The molecule has 0 aromatic carbocycles. The second kappa shape index (κ2) is 4.44. The molecule has 1 aromatic heterocycles. The molecule has 0 saturated heterocycles. The molecule has 1 rings (SSSR count). The van der Waals surface area contributed by atoms with Crippen LogP contribution < -0.4 is 16.6 Å². The van der Waals surface area contributed by atoms with Gasteiger partial charge in [-0.3, -0.25) is 0 Å². The fourth-order valence-electron chi connectivity index (χ4n) is 0.665. The molecule has 4 N–H and O–H groups in total. The second-order valence-electron chi connectivity index (χ2n) is 2.03. The van der Waals surface area contributed by atoms with Crippen LogP contribution in [0.5, 0.6) is 0 Å². The number of thiocarbonyl (C=S) groups is 1. The lowest BCUT2D eigenvalue weighted by atomic mass is 10.4. The summed E-state index contributed by atoms with van der Waals surface area (Å²) in [4.78, 5) is 0. The van der Waals surface area contributed by atoms with E-state index in [9.17, 15) is 0 Å². The molecule has 0 aliphatic heterocycles. The van der Waals surface area contributed by atoms with Gasteiger partial charge in [-0.05, 0) is 40.3 Å². The highest BCUT2D eigenvalue weighted by Gasteiger charge is 1.98. The summed E-state index contributed by atoms with van der Waals surface area (Å²) < 4.78 is 5.90. The summed E-state index contributed by atoms with van der Waals surface area (Å²) >= 11 is 7.95. The maximum Gasteiger partial charge on any atom is 0.180 e. The molecule has 0 bridgehead atoms. The highest BCUT2D eigenvalue weighted by Crippen LogP contribution is 2.13. The SMILES string of the molecule is NNC(=S)NCc1ccc(Br)o1. The molecule has 66 valence electrons. The van der Waals surface area contributed by atoms with E-state index in [4.69, 9.17) is 22.5 Å². The number of nitrogens with two attached hydrogens (primary N) is 1. The number of hydrogen-bond donors (Lipinski definition) is 3. The monoisotopic (exact) mass is 249 g/mol. The summed E-state index contributed by atoms with van der Waals surface area (Å²) in [5.41, 5.74) is 2.31. The summed E-state index contributed by atoms with van der Waals surface area (Å²) in [5, 5.41) is 3.23. The average Bonchev–Trinajstić information content (AvgIpc) is 2.47. The molecule has 1 heterocycles. The zero-order chi connectivity index (χ0) is 8.97. The number of halogens is 1. The van der Waals surface area contributed by atoms with Crippen molar-refractivity contribution in [3.63, 3.8) is 0 Å². The second-order valence-corrected chi connectivity index (χ2v) is 3.22. The minimum atomic E-state index is 0.391. The van der Waals surface area contributed by atoms with Crippen molar-refractivity contribution in [1.82, 2.24) is 10.7 Å². The molecule has 0 radical (unpaired) electrons. The van der Waals surface area contributed by atoms with E-state index in [1.165, 1.54) is 0 Å². The van der Waals surface area contributed by atoms with Gasteiger partial charge in [0.25, 0.3) is 0 Å². The van der Waals surface area contributed by atoms with Crippen LogP contribution in [0.25, 0.3) is 0 Å². The van der Waals surface area contributed by atoms with E-state index in [2.05, 4.69) is 26.7 Å². The van der Waals surface area contributed by atoms with Gasteiger partial charge in [0.05, 0.1) is 6.54 Å². The van der Waals surface area contributed by atoms with Crippen molar-refractivity contribution in [1.29, 1.82) is 0 Å². The molecule has 6 heteroatoms. The zero-order valence-corrected chi connectivity index (χ0v) is 8.54. The molecular weight excluding hydrogens is 242 g/mol. The predicted octanol–water partition coefficient (Wildman–Crippen LogP) is 0.880. The third-order valence-electron chi connectivity index (χ3n) is 1.18. The first-order chi connectivity index (χ1) is 5.72. The first-order valence-corrected chi connectivity index (χ1v) is 4.41. The predicted molar refractivity (Wildman–Crippen MR) is 53.2 cm³/mol. The smallest absolute Gasteiger partial charge is 0.180 e. The lowest BCUT2D eigenvalue weighted by Gasteiger charge is -2.03. The Kier molecular flexibility index (Phi) is 3.51. The molecule has 12 heavy (non-hydrogen) atoms. The van der Waals surface area contributed by atoms with Crippen molar-refractivity contribution in [2.24, 2.45) is 5.84 Å². The van der Waals surface area contributed by atoms with E-state index in [-0.39, 0.29) is 0 Å². The molecule has 0 aliphatic carbocycles. The van der Waals surface area contributed by atoms with Crippen LogP contribution >= 0.6 is 28.1 Å². The Labute approximate surface area is 83.6 Å². The van der Waals surface area contributed by atoms with Gasteiger partial charge < -0.3 is 15.2 Å². The minimum absolute atomic E-state index is 0.391. The number of hydrogen-bond acceptors (Lipinski definition) is 3. The van der Waals surface area contributed by atoms with Gasteiger partial charge in [0.15, 0.2) is 9.78 Å². The van der Waals surface area contributed by atoms with E-state index >= 15 is 0 Å². The zero-order valence-electron chi connectivity index (χ0n) is 6.13. The first kappa shape index (κ1) is 9.50. The molecule has 0 atom stereocenters. The van der Waals surface area contributed by atoms with Crippen molar-refractivity contribution in [2.45, 2.75) is 6.54 Å². The lowest BCUT2D eigenvalue weighted by molar-refractivity contribution is 0.482. The van der Waals surface area contributed by atoms with Gasteiger partial charge >= 0.3 is 0 Å². The maximum absolute atomic E-state index is 5.20. The molecular formula is C6H8BrN3OS. The Morgan fingerprint density at radius 2 is 2.42 bits per heavy atom. The van der Waals surface area contributed by atoms with Crippen molar-refractivity contribution < 1.29 is 4.42 Å². The molecule has 0 saturated carbocycles. The maximum atomic E-state index is 5.20. The van der Waals surface area contributed by atoms with Gasteiger partial charge in [0.1, 0.15) is 5.76 Å². The van der Waals surface area contributed by atoms with Gasteiger partial charge in [0, 0.05) is 0 Å². The fourth-order valence-corrected chi connectivity index (χ4v) is 1.08. The highest BCUT2D eigenvalue weighted by molar-refractivity contribution is 9.10. The van der Waals surface area contributed by atoms with Crippen LogP contribution in [0.15, 0.2) is 21.2 Å². The van der Waals surface area contributed by atoms with Gasteiger partial charge in [-0.1, -0.05) is 0 Å². The Morgan fingerprint density at radius 3 is 2.92 bits per heavy atom. The van der Waals surface area contributed by atoms with Crippen LogP contribution in [0, 0.1) is 0 Å². The molecule has 4 nitrogen and oxygen atoms in total. The van der Waals surface area contributed by atoms with Crippen LogP contribution in [0.2, 0.25) is 0 Å². The van der Waals surface area contributed by atoms with Crippen molar-refractivity contribution in [3.05, 3.63) is 22.6 Å². The number of furan rings is 1. The van der Waals surface area contributed by atoms with E-state index < -0.39 is 0 Å². The third kappa shape index (κ3) is 2.80. The van der Waals surface area contributed by atoms with Crippen LogP contribution in [0.1, 0.15) is 5.76 Å². The summed E-state index contributed by atoms with van der Waals surface area (Å²) in [6.45, 7) is 0.522. The van der Waals surface area contributed by atoms with Crippen LogP contribution in [0.4, 0.5) is 0 Å². The topological polar surface area (TPSA) is 63.2 Å². The molecule has 0 unspecified atom stereocenters. The average molecular weight is 250 g/mol.